The number of nitrogens with zero attached hydrogens (tertiary/aromatic N) is 2. The minimum atomic E-state index is -4.76. The van der Waals surface area contributed by atoms with Gasteiger partial charge in [0.25, 0.3) is 5.91 Å². The molecule has 11 heteroatoms. The zero-order valence-electron chi connectivity index (χ0n) is 21.0. The van der Waals surface area contributed by atoms with Crippen LogP contribution in [-0.2, 0) is 0 Å². The highest BCUT2D eigenvalue weighted by atomic mass is 32.1. The molecule has 4 rings (SSSR count). The summed E-state index contributed by atoms with van der Waals surface area (Å²) in [5.41, 5.74) is 2.18. The highest BCUT2D eigenvalue weighted by Gasteiger charge is 2.31. The number of para-hydroxylation sites is 1. The molecule has 1 amide bonds. The Kier molecular flexibility index (Phi) is 8.88. The molecule has 2 aromatic carbocycles. The molecule has 0 radical (unpaired) electrons. The van der Waals surface area contributed by atoms with Gasteiger partial charge in [-0.2, -0.15) is 0 Å². The van der Waals surface area contributed by atoms with Crippen molar-refractivity contribution in [2.45, 2.75) is 39.0 Å². The largest absolute Gasteiger partial charge is 0.573 e. The summed E-state index contributed by atoms with van der Waals surface area (Å²) in [7, 11) is 0. The van der Waals surface area contributed by atoms with E-state index in [9.17, 15) is 18.0 Å². The molecule has 6 nitrogen and oxygen atoms in total. The zero-order valence-corrected chi connectivity index (χ0v) is 22.7. The number of hydrogen-bond donors (Lipinski definition) is 2. The molecule has 1 fully saturated rings. The Morgan fingerprint density at radius 2 is 1.84 bits per heavy atom. The molecule has 0 saturated carbocycles. The molecule has 0 aliphatic carbocycles. The Labute approximate surface area is 229 Å². The molecule has 1 aromatic heterocycles. The van der Waals surface area contributed by atoms with E-state index in [1.165, 1.54) is 35.6 Å². The second kappa shape index (κ2) is 12.1. The van der Waals surface area contributed by atoms with Gasteiger partial charge in [0.05, 0.1) is 5.01 Å². The lowest BCUT2D eigenvalue weighted by Gasteiger charge is -2.33. The standard InChI is InChI=1S/C27H29F3N4O2S2/c1-17(2)15-31-26(37)34-13-11-19(12-14-34)25-33-23(16-38-25)24(35)32-22-6-4-3-5-21(22)18-7-9-20(10-8-18)36-27(28,29)30/h3-10,16-17,19H,11-15H2,1-2H3,(H,31,37)(H,32,35). The van der Waals surface area contributed by atoms with Crippen molar-refractivity contribution >= 4 is 40.3 Å². The van der Waals surface area contributed by atoms with E-state index in [-0.39, 0.29) is 17.6 Å². The van der Waals surface area contributed by atoms with Crippen molar-refractivity contribution in [2.24, 2.45) is 5.92 Å². The Balaban J connectivity index is 1.38. The maximum atomic E-state index is 13.0. The van der Waals surface area contributed by atoms with Crippen LogP contribution in [0, 0.1) is 5.92 Å². The van der Waals surface area contributed by atoms with Crippen LogP contribution in [0.5, 0.6) is 5.75 Å². The summed E-state index contributed by atoms with van der Waals surface area (Å²) >= 11 is 7.00. The van der Waals surface area contributed by atoms with Crippen LogP contribution in [0.15, 0.2) is 53.9 Å². The fraction of sp³-hybridized carbons (Fsp3) is 0.370. The van der Waals surface area contributed by atoms with E-state index in [0.717, 1.165) is 42.6 Å². The molecule has 0 unspecified atom stereocenters. The number of ether oxygens (including phenoxy) is 1. The lowest BCUT2D eigenvalue weighted by Crippen LogP contribution is -2.44. The number of rotatable bonds is 7. The molecule has 0 spiro atoms. The van der Waals surface area contributed by atoms with Gasteiger partial charge >= 0.3 is 6.36 Å². The molecule has 1 aliphatic rings. The number of piperidine rings is 1. The molecular formula is C27H29F3N4O2S2. The van der Waals surface area contributed by atoms with Crippen molar-refractivity contribution in [3.63, 3.8) is 0 Å². The van der Waals surface area contributed by atoms with E-state index in [0.29, 0.717) is 28.4 Å². The minimum absolute atomic E-state index is 0.274. The number of alkyl halides is 3. The number of benzene rings is 2. The molecule has 1 saturated heterocycles. The van der Waals surface area contributed by atoms with Crippen LogP contribution in [-0.4, -0.2) is 46.9 Å². The Bertz CT molecular complexity index is 1250. The van der Waals surface area contributed by atoms with Gasteiger partial charge < -0.3 is 20.3 Å². The Morgan fingerprint density at radius 3 is 2.50 bits per heavy atom. The zero-order chi connectivity index (χ0) is 27.3. The lowest BCUT2D eigenvalue weighted by atomic mass is 9.98. The Hall–Kier alpha value is -3.18. The van der Waals surface area contributed by atoms with Gasteiger partial charge in [-0.05, 0) is 54.7 Å². The van der Waals surface area contributed by atoms with E-state index in [1.54, 1.807) is 29.6 Å². The maximum absolute atomic E-state index is 13.0. The minimum Gasteiger partial charge on any atom is -0.406 e. The summed E-state index contributed by atoms with van der Waals surface area (Å²) in [5.74, 6) is 0.150. The summed E-state index contributed by atoms with van der Waals surface area (Å²) in [6.07, 6.45) is -2.93. The van der Waals surface area contributed by atoms with Crippen LogP contribution in [0.1, 0.15) is 48.1 Å². The summed E-state index contributed by atoms with van der Waals surface area (Å²) in [5, 5.41) is 9.70. The van der Waals surface area contributed by atoms with Gasteiger partial charge in [0, 0.05) is 42.2 Å². The van der Waals surface area contributed by atoms with Gasteiger partial charge in [0.1, 0.15) is 11.4 Å². The quantitative estimate of drug-likeness (QED) is 0.314. The first-order valence-electron chi connectivity index (χ1n) is 12.3. The smallest absolute Gasteiger partial charge is 0.406 e. The molecule has 2 heterocycles. The average Bonchev–Trinajstić information content (AvgIpc) is 3.38. The Morgan fingerprint density at radius 1 is 1.16 bits per heavy atom. The topological polar surface area (TPSA) is 66.5 Å². The van der Waals surface area contributed by atoms with Crippen LogP contribution < -0.4 is 15.4 Å². The SMILES string of the molecule is CC(C)CNC(=S)N1CCC(c2nc(C(=O)Nc3ccccc3-c3ccc(OC(F)(F)F)cc3)cs2)CC1. The van der Waals surface area contributed by atoms with Crippen molar-refractivity contribution in [2.75, 3.05) is 25.0 Å². The normalized spacial score (nSPS) is 14.4. The third kappa shape index (κ3) is 7.44. The first-order chi connectivity index (χ1) is 18.1. The number of anilines is 1. The van der Waals surface area contributed by atoms with Gasteiger partial charge in [0.2, 0.25) is 0 Å². The predicted octanol–water partition coefficient (Wildman–Crippen LogP) is 6.67. The molecule has 202 valence electrons. The lowest BCUT2D eigenvalue weighted by molar-refractivity contribution is -0.274. The second-order valence-corrected chi connectivity index (χ2v) is 10.8. The first kappa shape index (κ1) is 27.8. The van der Waals surface area contributed by atoms with Crippen LogP contribution in [0.25, 0.3) is 11.1 Å². The van der Waals surface area contributed by atoms with Gasteiger partial charge in [-0.15, -0.1) is 24.5 Å². The molecule has 1 aliphatic heterocycles. The fourth-order valence-electron chi connectivity index (χ4n) is 4.18. The number of thiazole rings is 1. The summed E-state index contributed by atoms with van der Waals surface area (Å²) in [6.45, 7) is 6.83. The van der Waals surface area contributed by atoms with Crippen molar-refractivity contribution < 1.29 is 22.7 Å². The summed E-state index contributed by atoms with van der Waals surface area (Å²) in [4.78, 5) is 19.8. The molecule has 0 atom stereocenters. The maximum Gasteiger partial charge on any atom is 0.573 e. The molecule has 0 bridgehead atoms. The number of halogens is 3. The number of amides is 1. The molecular weight excluding hydrogens is 533 g/mol. The summed E-state index contributed by atoms with van der Waals surface area (Å²) < 4.78 is 41.4. The predicted molar refractivity (Wildman–Crippen MR) is 148 cm³/mol. The van der Waals surface area contributed by atoms with Gasteiger partial charge in [-0.25, -0.2) is 4.98 Å². The van der Waals surface area contributed by atoms with Crippen LogP contribution in [0.3, 0.4) is 0 Å². The first-order valence-corrected chi connectivity index (χ1v) is 13.6. The van der Waals surface area contributed by atoms with Gasteiger partial charge in [-0.1, -0.05) is 44.2 Å². The monoisotopic (exact) mass is 562 g/mol. The number of carbonyl (C=O) groups is 1. The van der Waals surface area contributed by atoms with Crippen molar-refractivity contribution in [1.82, 2.24) is 15.2 Å². The van der Waals surface area contributed by atoms with E-state index in [4.69, 9.17) is 12.2 Å². The molecule has 38 heavy (non-hydrogen) atoms. The number of carbonyl (C=O) groups excluding carboxylic acids is 1. The fourth-order valence-corrected chi connectivity index (χ4v) is 5.42. The third-order valence-corrected chi connectivity index (χ3v) is 7.53. The summed E-state index contributed by atoms with van der Waals surface area (Å²) in [6, 6.07) is 12.6. The number of aromatic nitrogens is 1. The number of hydrogen-bond acceptors (Lipinski definition) is 5. The highest BCUT2D eigenvalue weighted by molar-refractivity contribution is 7.80. The average molecular weight is 563 g/mol. The van der Waals surface area contributed by atoms with Gasteiger partial charge in [-0.3, -0.25) is 4.79 Å². The van der Waals surface area contributed by atoms with E-state index in [1.807, 2.05) is 0 Å². The number of likely N-dealkylation sites (tertiary alicyclic amines) is 1. The number of thiocarbonyl (C=S) groups is 1. The van der Waals surface area contributed by atoms with Crippen LogP contribution >= 0.6 is 23.6 Å². The second-order valence-electron chi connectivity index (χ2n) is 9.48. The van der Waals surface area contributed by atoms with E-state index in [2.05, 4.69) is 39.1 Å². The van der Waals surface area contributed by atoms with Gasteiger partial charge in [0.15, 0.2) is 5.11 Å². The number of nitrogens with one attached hydrogen (secondary N) is 2. The molecule has 3 aromatic rings. The van der Waals surface area contributed by atoms with E-state index >= 15 is 0 Å². The van der Waals surface area contributed by atoms with Crippen molar-refractivity contribution in [3.05, 3.63) is 64.6 Å². The molecule has 2 N–H and O–H groups in total. The van der Waals surface area contributed by atoms with Crippen LogP contribution in [0.2, 0.25) is 0 Å². The van der Waals surface area contributed by atoms with Crippen molar-refractivity contribution in [1.29, 1.82) is 0 Å². The van der Waals surface area contributed by atoms with Crippen LogP contribution in [0.4, 0.5) is 18.9 Å². The van der Waals surface area contributed by atoms with Crippen molar-refractivity contribution in [3.8, 4) is 16.9 Å². The van der Waals surface area contributed by atoms with E-state index < -0.39 is 6.36 Å². The third-order valence-electron chi connectivity index (χ3n) is 6.12. The highest BCUT2D eigenvalue weighted by Crippen LogP contribution is 2.33.